The van der Waals surface area contributed by atoms with Gasteiger partial charge >= 0.3 is 0 Å². The van der Waals surface area contributed by atoms with Crippen molar-refractivity contribution in [1.82, 2.24) is 5.32 Å². The Morgan fingerprint density at radius 2 is 1.73 bits per heavy atom. The molecule has 0 aliphatic carbocycles. The van der Waals surface area contributed by atoms with Gasteiger partial charge in [0.15, 0.2) is 0 Å². The third kappa shape index (κ3) is 6.32. The lowest BCUT2D eigenvalue weighted by atomic mass is 9.99. The van der Waals surface area contributed by atoms with Crippen molar-refractivity contribution in [3.05, 3.63) is 0 Å². The second kappa shape index (κ2) is 5.56. The van der Waals surface area contributed by atoms with Crippen LogP contribution in [0.1, 0.15) is 33.6 Å². The molecule has 0 aliphatic heterocycles. The van der Waals surface area contributed by atoms with Crippen LogP contribution in [0.2, 0.25) is 0 Å². The maximum Gasteiger partial charge on any atom is 0.0526 e. The van der Waals surface area contributed by atoms with Gasteiger partial charge in [0.05, 0.1) is 6.10 Å². The van der Waals surface area contributed by atoms with E-state index >= 15 is 0 Å². The highest BCUT2D eigenvalue weighted by Crippen LogP contribution is 2.09. The zero-order chi connectivity index (χ0) is 8.85. The molecule has 0 heterocycles. The van der Waals surface area contributed by atoms with Crippen LogP contribution in [0, 0.1) is 5.92 Å². The van der Waals surface area contributed by atoms with E-state index in [9.17, 15) is 0 Å². The summed E-state index contributed by atoms with van der Waals surface area (Å²) in [5.74, 6) is 0.700. The molecule has 0 aromatic rings. The summed E-state index contributed by atoms with van der Waals surface area (Å²) in [7, 11) is 1.95. The largest absolute Gasteiger partial charge is 0.393 e. The molecule has 0 aromatic heterocycles. The van der Waals surface area contributed by atoms with Gasteiger partial charge in [-0.05, 0) is 32.7 Å². The number of rotatable bonds is 5. The van der Waals surface area contributed by atoms with Crippen LogP contribution in [0.3, 0.4) is 0 Å². The summed E-state index contributed by atoms with van der Waals surface area (Å²) < 4.78 is 0. The van der Waals surface area contributed by atoms with Crippen molar-refractivity contribution in [2.75, 3.05) is 7.05 Å². The fraction of sp³-hybridized carbons (Fsp3) is 1.00. The fourth-order valence-electron chi connectivity index (χ4n) is 1.31. The maximum absolute atomic E-state index is 9.13. The molecule has 68 valence electrons. The first-order valence-electron chi connectivity index (χ1n) is 4.41. The Bertz CT molecular complexity index is 81.6. The van der Waals surface area contributed by atoms with Gasteiger partial charge in [-0.15, -0.1) is 0 Å². The van der Waals surface area contributed by atoms with Crippen LogP contribution in [-0.2, 0) is 0 Å². The van der Waals surface area contributed by atoms with Crippen molar-refractivity contribution in [2.24, 2.45) is 5.92 Å². The van der Waals surface area contributed by atoms with E-state index in [4.69, 9.17) is 5.11 Å². The second-order valence-corrected chi connectivity index (χ2v) is 3.70. The van der Waals surface area contributed by atoms with Gasteiger partial charge in [0.1, 0.15) is 0 Å². The Balaban J connectivity index is 3.58. The summed E-state index contributed by atoms with van der Waals surface area (Å²) in [5, 5.41) is 12.3. The quantitative estimate of drug-likeness (QED) is 0.635. The van der Waals surface area contributed by atoms with Crippen LogP contribution in [0.15, 0.2) is 0 Å². The molecule has 0 aliphatic rings. The molecular formula is C9H21NO. The van der Waals surface area contributed by atoms with Crippen LogP contribution < -0.4 is 5.32 Å². The van der Waals surface area contributed by atoms with Crippen LogP contribution in [0.5, 0.6) is 0 Å². The molecule has 0 aromatic carbocycles. The lowest BCUT2D eigenvalue weighted by Gasteiger charge is -2.19. The minimum absolute atomic E-state index is 0.189. The van der Waals surface area contributed by atoms with Gasteiger partial charge in [-0.2, -0.15) is 0 Å². The molecule has 0 fully saturated rings. The maximum atomic E-state index is 9.13. The number of hydrogen-bond acceptors (Lipinski definition) is 2. The van der Waals surface area contributed by atoms with Crippen LogP contribution in [0.25, 0.3) is 0 Å². The van der Waals surface area contributed by atoms with Gasteiger partial charge in [-0.3, -0.25) is 0 Å². The average molecular weight is 159 g/mol. The molecule has 0 saturated carbocycles. The van der Waals surface area contributed by atoms with Crippen LogP contribution in [-0.4, -0.2) is 24.3 Å². The third-order valence-electron chi connectivity index (χ3n) is 1.79. The number of nitrogens with one attached hydrogen (secondary N) is 1. The lowest BCUT2D eigenvalue weighted by Crippen LogP contribution is -2.30. The molecular weight excluding hydrogens is 138 g/mol. The normalized spacial score (nSPS) is 16.9. The van der Waals surface area contributed by atoms with Crippen molar-refractivity contribution in [2.45, 2.75) is 45.8 Å². The summed E-state index contributed by atoms with van der Waals surface area (Å²) in [5.41, 5.74) is 0. The molecule has 2 atom stereocenters. The first-order chi connectivity index (χ1) is 5.06. The first-order valence-corrected chi connectivity index (χ1v) is 4.41. The zero-order valence-electron chi connectivity index (χ0n) is 8.09. The van der Waals surface area contributed by atoms with Gasteiger partial charge in [0, 0.05) is 6.04 Å². The van der Waals surface area contributed by atoms with E-state index in [1.807, 2.05) is 14.0 Å². The number of aliphatic hydroxyl groups excluding tert-OH is 1. The summed E-state index contributed by atoms with van der Waals surface area (Å²) in [6, 6.07) is 0.468. The van der Waals surface area contributed by atoms with Gasteiger partial charge in [0.2, 0.25) is 0 Å². The Hall–Kier alpha value is -0.0800. The first kappa shape index (κ1) is 10.9. The van der Waals surface area contributed by atoms with Gasteiger partial charge in [-0.25, -0.2) is 0 Å². The molecule has 0 spiro atoms. The van der Waals surface area contributed by atoms with Crippen molar-refractivity contribution < 1.29 is 5.11 Å². The van der Waals surface area contributed by atoms with Crippen LogP contribution >= 0.6 is 0 Å². The van der Waals surface area contributed by atoms with Crippen molar-refractivity contribution >= 4 is 0 Å². The van der Waals surface area contributed by atoms with Gasteiger partial charge in [0.25, 0.3) is 0 Å². The number of aliphatic hydroxyl groups is 1. The minimum Gasteiger partial charge on any atom is -0.393 e. The molecule has 0 saturated heterocycles. The highest BCUT2D eigenvalue weighted by Gasteiger charge is 2.10. The van der Waals surface area contributed by atoms with E-state index in [1.54, 1.807) is 0 Å². The topological polar surface area (TPSA) is 32.3 Å². The average Bonchev–Trinajstić information content (AvgIpc) is 1.84. The van der Waals surface area contributed by atoms with Crippen molar-refractivity contribution in [1.29, 1.82) is 0 Å². The molecule has 0 bridgehead atoms. The predicted molar refractivity (Wildman–Crippen MR) is 48.6 cm³/mol. The molecule has 2 nitrogen and oxygen atoms in total. The van der Waals surface area contributed by atoms with E-state index in [0.717, 1.165) is 12.8 Å². The summed E-state index contributed by atoms with van der Waals surface area (Å²) in [4.78, 5) is 0. The second-order valence-electron chi connectivity index (χ2n) is 3.70. The summed E-state index contributed by atoms with van der Waals surface area (Å²) in [6.07, 6.45) is 1.81. The Labute approximate surface area is 70.0 Å². The van der Waals surface area contributed by atoms with E-state index in [-0.39, 0.29) is 6.10 Å². The highest BCUT2D eigenvalue weighted by atomic mass is 16.3. The summed E-state index contributed by atoms with van der Waals surface area (Å²) >= 11 is 0. The van der Waals surface area contributed by atoms with E-state index in [1.165, 1.54) is 0 Å². The highest BCUT2D eigenvalue weighted by molar-refractivity contribution is 4.68. The molecule has 2 unspecified atom stereocenters. The zero-order valence-corrected chi connectivity index (χ0v) is 8.09. The van der Waals surface area contributed by atoms with E-state index in [2.05, 4.69) is 19.2 Å². The molecule has 0 amide bonds. The van der Waals surface area contributed by atoms with Gasteiger partial charge < -0.3 is 10.4 Å². The Morgan fingerprint density at radius 3 is 2.00 bits per heavy atom. The van der Waals surface area contributed by atoms with E-state index in [0.29, 0.717) is 12.0 Å². The SMILES string of the molecule is CNC(CC(C)C)CC(C)O. The monoisotopic (exact) mass is 159 g/mol. The molecule has 0 rings (SSSR count). The lowest BCUT2D eigenvalue weighted by molar-refractivity contribution is 0.164. The predicted octanol–water partition coefficient (Wildman–Crippen LogP) is 1.39. The fourth-order valence-corrected chi connectivity index (χ4v) is 1.31. The van der Waals surface area contributed by atoms with E-state index < -0.39 is 0 Å². The minimum atomic E-state index is -0.189. The van der Waals surface area contributed by atoms with Crippen molar-refractivity contribution in [3.8, 4) is 0 Å². The molecule has 11 heavy (non-hydrogen) atoms. The summed E-state index contributed by atoms with van der Waals surface area (Å²) in [6.45, 7) is 6.24. The van der Waals surface area contributed by atoms with Gasteiger partial charge in [-0.1, -0.05) is 13.8 Å². The third-order valence-corrected chi connectivity index (χ3v) is 1.79. The van der Waals surface area contributed by atoms with Crippen molar-refractivity contribution in [3.63, 3.8) is 0 Å². The van der Waals surface area contributed by atoms with Crippen LogP contribution in [0.4, 0.5) is 0 Å². The smallest absolute Gasteiger partial charge is 0.0526 e. The molecule has 0 radical (unpaired) electrons. The molecule has 2 N–H and O–H groups in total. The molecule has 2 heteroatoms. The number of hydrogen-bond donors (Lipinski definition) is 2. The Morgan fingerprint density at radius 1 is 1.18 bits per heavy atom. The standard InChI is InChI=1S/C9H21NO/c1-7(2)5-9(10-4)6-8(3)11/h7-11H,5-6H2,1-4H3. The Kier molecular flexibility index (Phi) is 5.51.